The fourth-order valence-electron chi connectivity index (χ4n) is 2.30. The van der Waals surface area contributed by atoms with E-state index in [0.29, 0.717) is 12.8 Å². The number of carbonyl (C=O) groups is 1. The monoisotopic (exact) mass is 242 g/mol. The van der Waals surface area contributed by atoms with Gasteiger partial charge in [0.25, 0.3) is 0 Å². The first-order valence-electron chi connectivity index (χ1n) is 6.08. The second-order valence-electron chi connectivity index (χ2n) is 4.49. The van der Waals surface area contributed by atoms with Crippen LogP contribution in [0.1, 0.15) is 36.4 Å². The number of ketones is 1. The molecule has 0 radical (unpaired) electrons. The minimum atomic E-state index is -0.258. The van der Waals surface area contributed by atoms with Crippen molar-refractivity contribution in [2.24, 2.45) is 0 Å². The molecule has 0 amide bonds. The minimum absolute atomic E-state index is 0.164. The van der Waals surface area contributed by atoms with Crippen LogP contribution < -0.4 is 0 Å². The Kier molecular flexibility index (Phi) is 2.99. The van der Waals surface area contributed by atoms with Crippen molar-refractivity contribution >= 4 is 5.78 Å². The van der Waals surface area contributed by atoms with Crippen molar-refractivity contribution in [3.8, 4) is 0 Å². The second kappa shape index (κ2) is 4.78. The van der Waals surface area contributed by atoms with E-state index in [4.69, 9.17) is 9.15 Å². The summed E-state index contributed by atoms with van der Waals surface area (Å²) in [6.07, 6.45) is 2.03. The van der Waals surface area contributed by atoms with E-state index in [-0.39, 0.29) is 18.0 Å². The van der Waals surface area contributed by atoms with Gasteiger partial charge in [-0.15, -0.1) is 0 Å². The number of carbonyl (C=O) groups excluding carboxylic acids is 1. The van der Waals surface area contributed by atoms with Crippen LogP contribution >= 0.6 is 0 Å². The summed E-state index contributed by atoms with van der Waals surface area (Å²) in [5.74, 6) is 0.945. The highest BCUT2D eigenvalue weighted by Gasteiger charge is 2.31. The molecule has 1 aromatic carbocycles. The first kappa shape index (κ1) is 11.2. The van der Waals surface area contributed by atoms with E-state index in [1.807, 2.05) is 42.5 Å². The molecule has 0 spiro atoms. The summed E-state index contributed by atoms with van der Waals surface area (Å²) in [5, 5.41) is 0. The molecule has 2 heterocycles. The largest absolute Gasteiger partial charge is 0.467 e. The molecule has 3 rings (SSSR count). The molecule has 1 saturated heterocycles. The first-order chi connectivity index (χ1) is 8.83. The van der Waals surface area contributed by atoms with Crippen molar-refractivity contribution in [3.05, 3.63) is 60.1 Å². The summed E-state index contributed by atoms with van der Waals surface area (Å²) in [5.41, 5.74) is 1.04. The molecule has 0 aliphatic carbocycles. The van der Waals surface area contributed by atoms with E-state index < -0.39 is 0 Å². The molecule has 1 aromatic heterocycles. The average molecular weight is 242 g/mol. The lowest BCUT2D eigenvalue weighted by Crippen LogP contribution is -2.22. The van der Waals surface area contributed by atoms with Crippen molar-refractivity contribution in [1.82, 2.24) is 0 Å². The molecular formula is C15H14O3. The van der Waals surface area contributed by atoms with Crippen LogP contribution in [0.25, 0.3) is 0 Å². The Balaban J connectivity index is 1.83. The Morgan fingerprint density at radius 3 is 2.44 bits per heavy atom. The van der Waals surface area contributed by atoms with Gasteiger partial charge in [-0.3, -0.25) is 4.79 Å². The summed E-state index contributed by atoms with van der Waals surface area (Å²) in [7, 11) is 0. The number of hydrogen-bond donors (Lipinski definition) is 0. The van der Waals surface area contributed by atoms with Gasteiger partial charge < -0.3 is 9.15 Å². The Morgan fingerprint density at radius 1 is 0.944 bits per heavy atom. The fourth-order valence-corrected chi connectivity index (χ4v) is 2.30. The lowest BCUT2D eigenvalue weighted by molar-refractivity contribution is -0.137. The summed E-state index contributed by atoms with van der Waals surface area (Å²) in [4.78, 5) is 11.8. The normalized spacial score (nSPS) is 24.1. The predicted molar refractivity (Wildman–Crippen MR) is 66.0 cm³/mol. The quantitative estimate of drug-likeness (QED) is 0.809. The maximum atomic E-state index is 11.8. The summed E-state index contributed by atoms with van der Waals surface area (Å²) in [6.45, 7) is 0. The topological polar surface area (TPSA) is 39.4 Å². The number of rotatable bonds is 2. The fraction of sp³-hybridized carbons (Fsp3) is 0.267. The molecule has 0 unspecified atom stereocenters. The third kappa shape index (κ3) is 2.22. The Hall–Kier alpha value is -1.87. The maximum absolute atomic E-state index is 11.8. The second-order valence-corrected chi connectivity index (χ2v) is 4.49. The molecule has 1 aliphatic heterocycles. The van der Waals surface area contributed by atoms with Crippen LogP contribution in [0.3, 0.4) is 0 Å². The van der Waals surface area contributed by atoms with Gasteiger partial charge in [0, 0.05) is 12.8 Å². The molecular weight excluding hydrogens is 228 g/mol. The summed E-state index contributed by atoms with van der Waals surface area (Å²) >= 11 is 0. The lowest BCUT2D eigenvalue weighted by Gasteiger charge is -2.28. The van der Waals surface area contributed by atoms with E-state index in [2.05, 4.69) is 0 Å². The molecule has 3 nitrogen and oxygen atoms in total. The third-order valence-corrected chi connectivity index (χ3v) is 3.19. The van der Waals surface area contributed by atoms with Gasteiger partial charge in [-0.05, 0) is 17.7 Å². The summed E-state index contributed by atoms with van der Waals surface area (Å²) in [6, 6.07) is 13.5. The molecule has 2 aromatic rings. The molecule has 0 N–H and O–H groups in total. The predicted octanol–water partition coefficient (Wildman–Crippen LogP) is 3.44. The van der Waals surface area contributed by atoms with Crippen molar-refractivity contribution in [2.75, 3.05) is 0 Å². The van der Waals surface area contributed by atoms with Crippen molar-refractivity contribution in [1.29, 1.82) is 0 Å². The van der Waals surface area contributed by atoms with Gasteiger partial charge in [-0.25, -0.2) is 0 Å². The van der Waals surface area contributed by atoms with Crippen LogP contribution in [0.4, 0.5) is 0 Å². The average Bonchev–Trinajstić information content (AvgIpc) is 2.93. The number of ether oxygens (including phenoxy) is 1. The highest BCUT2D eigenvalue weighted by atomic mass is 16.5. The number of Topliss-reactive ketones (excluding diaryl/α,β-unsaturated/α-hetero) is 1. The van der Waals surface area contributed by atoms with Gasteiger partial charge in [0.2, 0.25) is 0 Å². The number of furan rings is 1. The van der Waals surface area contributed by atoms with Gasteiger partial charge in [0.1, 0.15) is 17.6 Å². The minimum Gasteiger partial charge on any atom is -0.467 e. The molecule has 2 atom stereocenters. The van der Waals surface area contributed by atoms with E-state index in [9.17, 15) is 4.79 Å². The van der Waals surface area contributed by atoms with E-state index in [1.54, 1.807) is 6.26 Å². The summed E-state index contributed by atoms with van der Waals surface area (Å²) < 4.78 is 11.3. The molecule has 1 fully saturated rings. The van der Waals surface area contributed by atoms with E-state index >= 15 is 0 Å². The van der Waals surface area contributed by atoms with Crippen LogP contribution in [0.2, 0.25) is 0 Å². The molecule has 3 heteroatoms. The van der Waals surface area contributed by atoms with E-state index in [1.165, 1.54) is 0 Å². The third-order valence-electron chi connectivity index (χ3n) is 3.19. The highest BCUT2D eigenvalue weighted by molar-refractivity contribution is 5.80. The number of hydrogen-bond acceptors (Lipinski definition) is 3. The molecule has 18 heavy (non-hydrogen) atoms. The Morgan fingerprint density at radius 2 is 1.72 bits per heavy atom. The maximum Gasteiger partial charge on any atom is 0.138 e. The van der Waals surface area contributed by atoms with Gasteiger partial charge in [0.15, 0.2) is 0 Å². The van der Waals surface area contributed by atoms with Crippen molar-refractivity contribution in [3.63, 3.8) is 0 Å². The van der Waals surface area contributed by atoms with Crippen LogP contribution in [0.5, 0.6) is 0 Å². The van der Waals surface area contributed by atoms with Gasteiger partial charge in [-0.1, -0.05) is 30.3 Å². The molecule has 0 bridgehead atoms. The zero-order valence-electron chi connectivity index (χ0n) is 9.91. The zero-order chi connectivity index (χ0) is 12.4. The van der Waals surface area contributed by atoms with Crippen molar-refractivity contribution in [2.45, 2.75) is 25.0 Å². The smallest absolute Gasteiger partial charge is 0.138 e. The van der Waals surface area contributed by atoms with Crippen LogP contribution in [-0.4, -0.2) is 5.78 Å². The van der Waals surface area contributed by atoms with Crippen LogP contribution in [0.15, 0.2) is 53.1 Å². The molecule has 0 saturated carbocycles. The zero-order valence-corrected chi connectivity index (χ0v) is 9.91. The van der Waals surface area contributed by atoms with Crippen LogP contribution in [-0.2, 0) is 9.53 Å². The molecule has 1 aliphatic rings. The van der Waals surface area contributed by atoms with E-state index in [0.717, 1.165) is 11.3 Å². The van der Waals surface area contributed by atoms with Crippen LogP contribution in [0, 0.1) is 0 Å². The number of benzene rings is 1. The highest BCUT2D eigenvalue weighted by Crippen LogP contribution is 2.36. The SMILES string of the molecule is O=C1C[C@@H](c2ccccc2)O[C@H](c2ccco2)C1. The lowest BCUT2D eigenvalue weighted by atomic mass is 9.96. The van der Waals surface area contributed by atoms with Gasteiger partial charge >= 0.3 is 0 Å². The van der Waals surface area contributed by atoms with Gasteiger partial charge in [-0.2, -0.15) is 0 Å². The Bertz CT molecular complexity index is 516. The van der Waals surface area contributed by atoms with Crippen molar-refractivity contribution < 1.29 is 13.9 Å². The van der Waals surface area contributed by atoms with Gasteiger partial charge in [0.05, 0.1) is 12.4 Å². The Labute approximate surface area is 105 Å². The first-order valence-corrected chi connectivity index (χ1v) is 6.08. The standard InChI is InChI=1S/C15H14O3/c16-12-9-14(11-5-2-1-3-6-11)18-15(10-12)13-7-4-8-17-13/h1-8,14-15H,9-10H2/t14-,15-/m0/s1. The molecule has 92 valence electrons.